The number of aromatic hydroxyl groups is 1. The number of hydrogen-bond acceptors (Lipinski definition) is 3. The minimum Gasteiger partial charge on any atom is -0.507 e. The smallest absolute Gasteiger partial charge is 0.163 e. The Morgan fingerprint density at radius 1 is 1.29 bits per heavy atom. The highest BCUT2D eigenvalue weighted by atomic mass is 16.3. The third-order valence-corrected chi connectivity index (χ3v) is 3.87. The van der Waals surface area contributed by atoms with Gasteiger partial charge in [-0.25, -0.2) is 0 Å². The van der Waals surface area contributed by atoms with Crippen LogP contribution in [0, 0.1) is 0 Å². The largest absolute Gasteiger partial charge is 0.507 e. The second-order valence-corrected chi connectivity index (χ2v) is 5.01. The molecule has 0 radical (unpaired) electrons. The lowest BCUT2D eigenvalue weighted by Crippen LogP contribution is -2.34. The number of phenolic OH excluding ortho intramolecular Hbond substituents is 1. The SMILES string of the molecule is CC(=O)c1cc2c3c(c1O)CCCN3CCC2. The van der Waals surface area contributed by atoms with E-state index in [-0.39, 0.29) is 11.5 Å². The Balaban J connectivity index is 2.25. The van der Waals surface area contributed by atoms with E-state index in [1.807, 2.05) is 6.07 Å². The zero-order valence-corrected chi connectivity index (χ0v) is 10.1. The van der Waals surface area contributed by atoms with Crippen LogP contribution in [0.2, 0.25) is 0 Å². The van der Waals surface area contributed by atoms with Crippen LogP contribution in [-0.2, 0) is 12.8 Å². The molecular formula is C14H17NO2. The van der Waals surface area contributed by atoms with Gasteiger partial charge in [-0.1, -0.05) is 0 Å². The van der Waals surface area contributed by atoms with Crippen molar-refractivity contribution in [2.45, 2.75) is 32.6 Å². The number of anilines is 1. The van der Waals surface area contributed by atoms with Crippen LogP contribution in [0.5, 0.6) is 5.75 Å². The van der Waals surface area contributed by atoms with Gasteiger partial charge in [-0.3, -0.25) is 4.79 Å². The summed E-state index contributed by atoms with van der Waals surface area (Å²) in [4.78, 5) is 13.9. The first-order valence-corrected chi connectivity index (χ1v) is 6.32. The zero-order chi connectivity index (χ0) is 12.0. The van der Waals surface area contributed by atoms with Crippen molar-refractivity contribution < 1.29 is 9.90 Å². The van der Waals surface area contributed by atoms with Crippen molar-refractivity contribution in [3.05, 3.63) is 22.8 Å². The molecule has 0 saturated carbocycles. The predicted molar refractivity (Wildman–Crippen MR) is 67.0 cm³/mol. The van der Waals surface area contributed by atoms with Gasteiger partial charge in [-0.2, -0.15) is 0 Å². The number of aryl methyl sites for hydroxylation is 1. The quantitative estimate of drug-likeness (QED) is 0.754. The predicted octanol–water partition coefficient (Wildman–Crippen LogP) is 2.29. The fourth-order valence-electron chi connectivity index (χ4n) is 3.11. The fraction of sp³-hybridized carbons (Fsp3) is 0.500. The Labute approximate surface area is 101 Å². The molecule has 0 fully saturated rings. The number of benzene rings is 1. The minimum atomic E-state index is -0.0377. The first kappa shape index (κ1) is 10.6. The molecule has 17 heavy (non-hydrogen) atoms. The molecule has 1 aromatic rings. The fourth-order valence-corrected chi connectivity index (χ4v) is 3.11. The van der Waals surface area contributed by atoms with E-state index in [1.165, 1.54) is 18.2 Å². The van der Waals surface area contributed by atoms with Gasteiger partial charge >= 0.3 is 0 Å². The normalized spacial score (nSPS) is 17.8. The number of carbonyl (C=O) groups excluding carboxylic acids is 1. The summed E-state index contributed by atoms with van der Waals surface area (Å²) < 4.78 is 0. The van der Waals surface area contributed by atoms with E-state index < -0.39 is 0 Å². The highest BCUT2D eigenvalue weighted by Gasteiger charge is 2.28. The van der Waals surface area contributed by atoms with E-state index >= 15 is 0 Å². The molecule has 0 spiro atoms. The number of phenols is 1. The van der Waals surface area contributed by atoms with Crippen LogP contribution in [-0.4, -0.2) is 24.0 Å². The summed E-state index contributed by atoms with van der Waals surface area (Å²) in [5.74, 6) is 0.187. The van der Waals surface area contributed by atoms with E-state index in [0.717, 1.165) is 44.3 Å². The molecule has 90 valence electrons. The van der Waals surface area contributed by atoms with Crippen molar-refractivity contribution in [3.63, 3.8) is 0 Å². The van der Waals surface area contributed by atoms with Crippen molar-refractivity contribution in [1.29, 1.82) is 0 Å². The van der Waals surface area contributed by atoms with E-state index in [9.17, 15) is 9.90 Å². The van der Waals surface area contributed by atoms with Crippen LogP contribution >= 0.6 is 0 Å². The number of hydrogen-bond donors (Lipinski definition) is 1. The van der Waals surface area contributed by atoms with Gasteiger partial charge in [0.2, 0.25) is 0 Å². The van der Waals surface area contributed by atoms with Crippen LogP contribution in [0.1, 0.15) is 41.3 Å². The molecule has 1 N–H and O–H groups in total. The number of carbonyl (C=O) groups is 1. The van der Waals surface area contributed by atoms with Gasteiger partial charge in [-0.05, 0) is 44.2 Å². The average molecular weight is 231 g/mol. The van der Waals surface area contributed by atoms with Gasteiger partial charge in [0.1, 0.15) is 5.75 Å². The van der Waals surface area contributed by atoms with E-state index in [4.69, 9.17) is 0 Å². The lowest BCUT2D eigenvalue weighted by Gasteiger charge is -2.37. The summed E-state index contributed by atoms with van der Waals surface area (Å²) in [5.41, 5.74) is 3.96. The summed E-state index contributed by atoms with van der Waals surface area (Å²) >= 11 is 0. The number of Topliss-reactive ketones (excluding diaryl/α,β-unsaturated/α-hetero) is 1. The topological polar surface area (TPSA) is 40.5 Å². The Morgan fingerprint density at radius 3 is 2.71 bits per heavy atom. The van der Waals surface area contributed by atoms with Crippen LogP contribution in [0.25, 0.3) is 0 Å². The second-order valence-electron chi connectivity index (χ2n) is 5.01. The highest BCUT2D eigenvalue weighted by Crippen LogP contribution is 2.41. The van der Waals surface area contributed by atoms with E-state index in [2.05, 4.69) is 4.90 Å². The van der Waals surface area contributed by atoms with Crippen molar-refractivity contribution in [2.75, 3.05) is 18.0 Å². The maximum atomic E-state index is 11.5. The molecule has 0 unspecified atom stereocenters. The number of ketones is 1. The number of nitrogens with zero attached hydrogens (tertiary/aromatic N) is 1. The maximum Gasteiger partial charge on any atom is 0.163 e. The Bertz CT molecular complexity index is 491. The maximum absolute atomic E-state index is 11.5. The average Bonchev–Trinajstić information content (AvgIpc) is 2.33. The molecule has 0 amide bonds. The third kappa shape index (κ3) is 1.53. The lowest BCUT2D eigenvalue weighted by molar-refractivity contribution is 0.101. The van der Waals surface area contributed by atoms with Crippen molar-refractivity contribution in [2.24, 2.45) is 0 Å². The monoisotopic (exact) mass is 231 g/mol. The van der Waals surface area contributed by atoms with E-state index in [0.29, 0.717) is 5.56 Å². The van der Waals surface area contributed by atoms with Crippen molar-refractivity contribution in [1.82, 2.24) is 0 Å². The molecule has 2 heterocycles. The molecule has 3 heteroatoms. The van der Waals surface area contributed by atoms with Gasteiger partial charge < -0.3 is 10.0 Å². The summed E-state index contributed by atoms with van der Waals surface area (Å²) in [6.07, 6.45) is 4.14. The molecule has 2 aliphatic heterocycles. The van der Waals surface area contributed by atoms with Gasteiger partial charge in [0, 0.05) is 24.3 Å². The Hall–Kier alpha value is -1.51. The molecule has 3 nitrogen and oxygen atoms in total. The first-order valence-electron chi connectivity index (χ1n) is 6.32. The van der Waals surface area contributed by atoms with Crippen molar-refractivity contribution in [3.8, 4) is 5.75 Å². The van der Waals surface area contributed by atoms with Crippen LogP contribution in [0.15, 0.2) is 6.07 Å². The molecule has 2 aliphatic rings. The summed E-state index contributed by atoms with van der Waals surface area (Å²) in [7, 11) is 0. The first-order chi connectivity index (χ1) is 8.18. The molecule has 0 bridgehead atoms. The van der Waals surface area contributed by atoms with Crippen LogP contribution < -0.4 is 4.90 Å². The second kappa shape index (κ2) is 3.76. The molecule has 3 rings (SSSR count). The molecule has 1 aromatic carbocycles. The third-order valence-electron chi connectivity index (χ3n) is 3.87. The summed E-state index contributed by atoms with van der Waals surface area (Å²) in [6.45, 7) is 3.69. The molecular weight excluding hydrogens is 214 g/mol. The molecule has 0 atom stereocenters. The highest BCUT2D eigenvalue weighted by molar-refractivity contribution is 5.98. The molecule has 0 aliphatic carbocycles. The standard InChI is InChI=1S/C14H17NO2/c1-9(16)12-8-10-4-2-6-15-7-3-5-11(13(10)15)14(12)17/h8,17H,2-7H2,1H3. The van der Waals surface area contributed by atoms with Gasteiger partial charge in [0.05, 0.1) is 5.56 Å². The van der Waals surface area contributed by atoms with Gasteiger partial charge in [0.25, 0.3) is 0 Å². The zero-order valence-electron chi connectivity index (χ0n) is 10.1. The summed E-state index contributed by atoms with van der Waals surface area (Å²) in [6, 6.07) is 1.90. The van der Waals surface area contributed by atoms with Crippen LogP contribution in [0.3, 0.4) is 0 Å². The van der Waals surface area contributed by atoms with Crippen molar-refractivity contribution >= 4 is 11.5 Å². The van der Waals surface area contributed by atoms with E-state index in [1.54, 1.807) is 0 Å². The number of rotatable bonds is 1. The van der Waals surface area contributed by atoms with Gasteiger partial charge in [0.15, 0.2) is 5.78 Å². The van der Waals surface area contributed by atoms with Gasteiger partial charge in [-0.15, -0.1) is 0 Å². The molecule has 0 saturated heterocycles. The van der Waals surface area contributed by atoms with Crippen LogP contribution in [0.4, 0.5) is 5.69 Å². The summed E-state index contributed by atoms with van der Waals surface area (Å²) in [5, 5.41) is 10.2. The Morgan fingerprint density at radius 2 is 2.00 bits per heavy atom. The lowest BCUT2D eigenvalue weighted by atomic mass is 9.88. The molecule has 0 aromatic heterocycles. The minimum absolute atomic E-state index is 0.0377. The Kier molecular flexibility index (Phi) is 2.35.